The van der Waals surface area contributed by atoms with E-state index < -0.39 is 29.5 Å². The third-order valence-corrected chi connectivity index (χ3v) is 5.11. The Morgan fingerprint density at radius 2 is 2.00 bits per heavy atom. The predicted octanol–water partition coefficient (Wildman–Crippen LogP) is 2.58. The molecule has 29 heavy (non-hydrogen) atoms. The maximum atomic E-state index is 12.7. The molecule has 1 aromatic carbocycles. The molecule has 1 heterocycles. The predicted molar refractivity (Wildman–Crippen MR) is 99.7 cm³/mol. The van der Waals surface area contributed by atoms with E-state index in [0.717, 1.165) is 41.3 Å². The summed E-state index contributed by atoms with van der Waals surface area (Å²) in [6, 6.07) is 3.98. The Morgan fingerprint density at radius 1 is 1.24 bits per heavy atom. The van der Waals surface area contributed by atoms with Gasteiger partial charge in [0.1, 0.15) is 6.54 Å². The summed E-state index contributed by atoms with van der Waals surface area (Å²) in [5, 5.41) is 12.3. The summed E-state index contributed by atoms with van der Waals surface area (Å²) < 4.78 is 43.2. The van der Waals surface area contributed by atoms with Crippen LogP contribution >= 0.6 is 23.1 Å². The van der Waals surface area contributed by atoms with Crippen LogP contribution in [0.25, 0.3) is 0 Å². The number of ether oxygens (including phenoxy) is 1. The van der Waals surface area contributed by atoms with Crippen LogP contribution in [-0.4, -0.2) is 46.9 Å². The lowest BCUT2D eigenvalue weighted by atomic mass is 10.1. The minimum atomic E-state index is -4.56. The Balaban J connectivity index is 1.86. The van der Waals surface area contributed by atoms with Gasteiger partial charge in [-0.1, -0.05) is 29.2 Å². The van der Waals surface area contributed by atoms with Crippen molar-refractivity contribution in [1.82, 2.24) is 15.5 Å². The number of amides is 2. The third kappa shape index (κ3) is 7.34. The van der Waals surface area contributed by atoms with Crippen molar-refractivity contribution in [3.05, 3.63) is 35.4 Å². The number of halogens is 3. The number of benzene rings is 1. The molecule has 2 rings (SSSR count). The monoisotopic (exact) mass is 448 g/mol. The maximum absolute atomic E-state index is 12.7. The number of anilines is 1. The average molecular weight is 448 g/mol. The lowest BCUT2D eigenvalue weighted by molar-refractivity contribution is -0.143. The van der Waals surface area contributed by atoms with Crippen molar-refractivity contribution in [2.45, 2.75) is 17.4 Å². The fourth-order valence-corrected chi connectivity index (χ4v) is 3.46. The Labute approximate surface area is 171 Å². The van der Waals surface area contributed by atoms with Gasteiger partial charge in [0.2, 0.25) is 11.0 Å². The van der Waals surface area contributed by atoms with Gasteiger partial charge < -0.3 is 10.1 Å². The summed E-state index contributed by atoms with van der Waals surface area (Å²) in [6.07, 6.45) is -4.56. The molecule has 0 saturated carbocycles. The van der Waals surface area contributed by atoms with Gasteiger partial charge in [0.25, 0.3) is 5.91 Å². The minimum Gasteiger partial charge on any atom is -0.465 e. The molecule has 0 aliphatic carbocycles. The van der Waals surface area contributed by atoms with Gasteiger partial charge in [-0.15, -0.1) is 10.2 Å². The maximum Gasteiger partial charge on any atom is 0.416 e. The van der Waals surface area contributed by atoms with Crippen LogP contribution in [0.15, 0.2) is 28.6 Å². The van der Waals surface area contributed by atoms with E-state index in [1.54, 1.807) is 6.92 Å². The molecule has 0 atom stereocenters. The summed E-state index contributed by atoms with van der Waals surface area (Å²) >= 11 is 1.98. The molecule has 2 amide bonds. The highest BCUT2D eigenvalue weighted by atomic mass is 32.2. The van der Waals surface area contributed by atoms with Crippen LogP contribution < -0.4 is 10.6 Å². The van der Waals surface area contributed by atoms with E-state index in [1.165, 1.54) is 6.07 Å². The molecule has 0 aliphatic heterocycles. The van der Waals surface area contributed by atoms with Gasteiger partial charge in [-0.3, -0.25) is 19.7 Å². The molecule has 0 saturated heterocycles. The molecular weight excluding hydrogens is 433 g/mol. The number of hydrogen-bond donors (Lipinski definition) is 2. The summed E-state index contributed by atoms with van der Waals surface area (Å²) in [6.45, 7) is 1.61. The van der Waals surface area contributed by atoms with Crippen molar-refractivity contribution < 1.29 is 32.3 Å². The lowest BCUT2D eigenvalue weighted by Crippen LogP contribution is -2.31. The van der Waals surface area contributed by atoms with E-state index in [4.69, 9.17) is 0 Å². The van der Waals surface area contributed by atoms with E-state index in [0.29, 0.717) is 4.34 Å². The standard InChI is InChI=1S/C16H15F3N4O4S2/c1-2-27-12(25)7-20-11(24)8-28-15-23-22-14(29-15)21-13(26)9-4-3-5-10(6-9)16(17,18)19/h3-6H,2,7-8H2,1H3,(H,20,24)(H,21,22,26). The van der Waals surface area contributed by atoms with Gasteiger partial charge >= 0.3 is 12.1 Å². The van der Waals surface area contributed by atoms with Crippen LogP contribution in [0.1, 0.15) is 22.8 Å². The largest absolute Gasteiger partial charge is 0.465 e. The smallest absolute Gasteiger partial charge is 0.416 e. The Kier molecular flexibility index (Phi) is 7.96. The summed E-state index contributed by atoms with van der Waals surface area (Å²) in [5.74, 6) is -1.79. The second-order valence-corrected chi connectivity index (χ2v) is 7.48. The molecule has 2 N–H and O–H groups in total. The zero-order valence-electron chi connectivity index (χ0n) is 14.9. The number of thioether (sulfide) groups is 1. The summed E-state index contributed by atoms with van der Waals surface area (Å²) in [4.78, 5) is 34.9. The highest BCUT2D eigenvalue weighted by Crippen LogP contribution is 2.30. The van der Waals surface area contributed by atoms with Gasteiger partial charge in [-0.05, 0) is 25.1 Å². The fraction of sp³-hybridized carbons (Fsp3) is 0.312. The van der Waals surface area contributed by atoms with Gasteiger partial charge in [0, 0.05) is 5.56 Å². The molecule has 13 heteroatoms. The molecule has 2 aromatic rings. The quantitative estimate of drug-likeness (QED) is 0.363. The average Bonchev–Trinajstić information content (AvgIpc) is 3.11. The lowest BCUT2D eigenvalue weighted by Gasteiger charge is -2.08. The van der Waals surface area contributed by atoms with Crippen LogP contribution in [0.2, 0.25) is 0 Å². The van der Waals surface area contributed by atoms with Crippen molar-refractivity contribution in [2.24, 2.45) is 0 Å². The van der Waals surface area contributed by atoms with E-state index in [-0.39, 0.29) is 29.6 Å². The summed E-state index contributed by atoms with van der Waals surface area (Å²) in [7, 11) is 0. The molecule has 1 aromatic heterocycles. The molecule has 0 spiro atoms. The molecule has 8 nitrogen and oxygen atoms in total. The Bertz CT molecular complexity index is 889. The topological polar surface area (TPSA) is 110 Å². The van der Waals surface area contributed by atoms with E-state index >= 15 is 0 Å². The van der Waals surface area contributed by atoms with Crippen LogP contribution in [0.4, 0.5) is 18.3 Å². The number of aromatic nitrogens is 2. The molecule has 0 bridgehead atoms. The van der Waals surface area contributed by atoms with Crippen LogP contribution in [0, 0.1) is 0 Å². The molecule has 0 unspecified atom stereocenters. The number of esters is 1. The van der Waals surface area contributed by atoms with Crippen molar-refractivity contribution in [3.8, 4) is 0 Å². The SMILES string of the molecule is CCOC(=O)CNC(=O)CSc1nnc(NC(=O)c2cccc(C(F)(F)F)c2)s1. The van der Waals surface area contributed by atoms with E-state index in [2.05, 4.69) is 25.6 Å². The van der Waals surface area contributed by atoms with Gasteiger partial charge in [0.05, 0.1) is 17.9 Å². The molecule has 0 radical (unpaired) electrons. The van der Waals surface area contributed by atoms with Gasteiger partial charge in [-0.2, -0.15) is 13.2 Å². The van der Waals surface area contributed by atoms with Crippen molar-refractivity contribution in [2.75, 3.05) is 24.2 Å². The second kappa shape index (κ2) is 10.2. The highest BCUT2D eigenvalue weighted by Gasteiger charge is 2.31. The van der Waals surface area contributed by atoms with Crippen LogP contribution in [-0.2, 0) is 20.5 Å². The van der Waals surface area contributed by atoms with Crippen molar-refractivity contribution >= 4 is 46.0 Å². The molecule has 156 valence electrons. The summed E-state index contributed by atoms with van der Waals surface area (Å²) in [5.41, 5.74) is -1.12. The normalized spacial score (nSPS) is 11.0. The minimum absolute atomic E-state index is 0.0460. The first-order chi connectivity index (χ1) is 13.7. The number of hydrogen-bond acceptors (Lipinski definition) is 8. The second-order valence-electron chi connectivity index (χ2n) is 5.28. The van der Waals surface area contributed by atoms with Crippen LogP contribution in [0.5, 0.6) is 0 Å². The van der Waals surface area contributed by atoms with Gasteiger partial charge in [-0.25, -0.2) is 0 Å². The number of nitrogens with zero attached hydrogens (tertiary/aromatic N) is 2. The first kappa shape index (κ1) is 22.6. The Hall–Kier alpha value is -2.67. The van der Waals surface area contributed by atoms with Crippen molar-refractivity contribution in [1.29, 1.82) is 0 Å². The fourth-order valence-electron chi connectivity index (χ4n) is 1.89. The third-order valence-electron chi connectivity index (χ3n) is 3.14. The van der Waals surface area contributed by atoms with Crippen molar-refractivity contribution in [3.63, 3.8) is 0 Å². The van der Waals surface area contributed by atoms with E-state index in [9.17, 15) is 27.6 Å². The zero-order valence-corrected chi connectivity index (χ0v) is 16.5. The Morgan fingerprint density at radius 3 is 2.69 bits per heavy atom. The number of alkyl halides is 3. The highest BCUT2D eigenvalue weighted by molar-refractivity contribution is 8.01. The first-order valence-corrected chi connectivity index (χ1v) is 9.86. The number of carbonyl (C=O) groups is 3. The van der Waals surface area contributed by atoms with Crippen LogP contribution in [0.3, 0.4) is 0 Å². The molecule has 0 aliphatic rings. The first-order valence-electron chi connectivity index (χ1n) is 8.06. The molecule has 0 fully saturated rings. The zero-order chi connectivity index (χ0) is 21.4. The number of nitrogens with one attached hydrogen (secondary N) is 2. The molecular formula is C16H15F3N4O4S2. The van der Waals surface area contributed by atoms with Gasteiger partial charge in [0.15, 0.2) is 4.34 Å². The van der Waals surface area contributed by atoms with E-state index in [1.807, 2.05) is 0 Å². The number of rotatable bonds is 8. The number of carbonyl (C=O) groups excluding carboxylic acids is 3.